The normalized spacial score (nSPS) is 20.6. The predicted molar refractivity (Wildman–Crippen MR) is 247 cm³/mol. The highest BCUT2D eigenvalue weighted by molar-refractivity contribution is 6.09. The van der Waals surface area contributed by atoms with Crippen molar-refractivity contribution < 1.29 is 27.9 Å². The first-order valence-corrected chi connectivity index (χ1v) is 23.5. The molecule has 66 heavy (non-hydrogen) atoms. The number of likely N-dealkylation sites (tertiary alicyclic amines) is 2. The largest absolute Gasteiger partial charge is 0.491 e. The summed E-state index contributed by atoms with van der Waals surface area (Å²) in [4.78, 5) is 59.1. The number of alkyl halides is 2. The maximum atomic E-state index is 14.6. The Bertz CT molecular complexity index is 2600. The van der Waals surface area contributed by atoms with Crippen LogP contribution in [-0.2, 0) is 34.9 Å². The lowest BCUT2D eigenvalue weighted by Crippen LogP contribution is -2.48. The van der Waals surface area contributed by atoms with Gasteiger partial charge in [-0.1, -0.05) is 6.07 Å². The molecule has 3 amide bonds. The Morgan fingerprint density at radius 2 is 1.70 bits per heavy atom. The van der Waals surface area contributed by atoms with Crippen molar-refractivity contribution in [3.63, 3.8) is 0 Å². The molecule has 3 saturated heterocycles. The molecule has 2 aromatic carbocycles. The fourth-order valence-corrected chi connectivity index (χ4v) is 10.6. The summed E-state index contributed by atoms with van der Waals surface area (Å²) in [7, 11) is 3.45. The monoisotopic (exact) mass is 909 g/mol. The van der Waals surface area contributed by atoms with E-state index >= 15 is 0 Å². The van der Waals surface area contributed by atoms with E-state index in [0.717, 1.165) is 94.6 Å². The Hall–Kier alpha value is -5.88. The maximum Gasteiger partial charge on any atom is 0.329 e. The SMILES string of the molecule is CC(=O)N1CCC(NC2CCN(CCN3CCC(COc4cccc5c4n(C)c(=O)n5C4CCC(=O)NC4=O)CC3)CC2)=C(C(=N)N2CCCc3cc(-c4cnn(C)c4)c(C(F)F)cc32)C1. The third-order valence-corrected chi connectivity index (χ3v) is 14.4. The first-order chi connectivity index (χ1) is 31.8. The van der Waals surface area contributed by atoms with Gasteiger partial charge in [-0.25, -0.2) is 13.6 Å². The molecule has 18 heteroatoms. The highest BCUT2D eigenvalue weighted by Crippen LogP contribution is 2.40. The van der Waals surface area contributed by atoms with Crippen LogP contribution in [0.25, 0.3) is 22.2 Å². The molecule has 352 valence electrons. The van der Waals surface area contributed by atoms with Crippen molar-refractivity contribution in [1.82, 2.24) is 44.2 Å². The topological polar surface area (TPSA) is 166 Å². The van der Waals surface area contributed by atoms with Crippen molar-refractivity contribution in [3.05, 3.63) is 75.6 Å². The number of halogens is 2. The van der Waals surface area contributed by atoms with Crippen LogP contribution in [0, 0.1) is 11.3 Å². The third-order valence-electron chi connectivity index (χ3n) is 14.4. The summed E-state index contributed by atoms with van der Waals surface area (Å²) in [5.41, 5.74) is 5.27. The third kappa shape index (κ3) is 9.26. The number of fused-ring (bicyclic) bond motifs is 2. The number of nitrogens with zero attached hydrogens (tertiary/aromatic N) is 8. The van der Waals surface area contributed by atoms with Gasteiger partial charge in [-0.15, -0.1) is 0 Å². The van der Waals surface area contributed by atoms with Gasteiger partial charge in [-0.05, 0) is 99.3 Å². The molecule has 0 aliphatic carbocycles. The molecule has 3 fully saturated rings. The van der Waals surface area contributed by atoms with Crippen molar-refractivity contribution in [2.24, 2.45) is 20.0 Å². The van der Waals surface area contributed by atoms with Gasteiger partial charge in [0.05, 0.1) is 24.9 Å². The minimum absolute atomic E-state index is 0.0474. The summed E-state index contributed by atoms with van der Waals surface area (Å²) in [5, 5.41) is 20.0. The number of anilines is 1. The molecule has 5 aliphatic heterocycles. The summed E-state index contributed by atoms with van der Waals surface area (Å²) >= 11 is 0. The Morgan fingerprint density at radius 1 is 0.955 bits per heavy atom. The number of imide groups is 1. The number of nitrogens with one attached hydrogen (secondary N) is 3. The van der Waals surface area contributed by atoms with E-state index in [1.54, 1.807) is 49.1 Å². The second-order valence-electron chi connectivity index (χ2n) is 18.7. The van der Waals surface area contributed by atoms with Crippen molar-refractivity contribution >= 4 is 40.3 Å². The number of amidine groups is 1. The second kappa shape index (κ2) is 19.1. The predicted octanol–water partition coefficient (Wildman–Crippen LogP) is 4.74. The van der Waals surface area contributed by atoms with Gasteiger partial charge in [0.2, 0.25) is 17.7 Å². The Morgan fingerprint density at radius 3 is 2.38 bits per heavy atom. The lowest BCUT2D eigenvalue weighted by Gasteiger charge is -2.39. The molecule has 0 saturated carbocycles. The molecule has 0 bridgehead atoms. The minimum atomic E-state index is -2.70. The smallest absolute Gasteiger partial charge is 0.329 e. The van der Waals surface area contributed by atoms with Crippen LogP contribution < -0.4 is 26.0 Å². The molecule has 1 unspecified atom stereocenters. The zero-order valence-electron chi connectivity index (χ0n) is 38.2. The summed E-state index contributed by atoms with van der Waals surface area (Å²) in [6.45, 7) is 9.34. The first kappa shape index (κ1) is 45.3. The number of hydrogen-bond acceptors (Lipinski definition) is 10. The summed E-state index contributed by atoms with van der Waals surface area (Å²) in [5.74, 6) is 0.421. The van der Waals surface area contributed by atoms with Gasteiger partial charge < -0.3 is 29.7 Å². The van der Waals surface area contributed by atoms with E-state index in [1.807, 2.05) is 29.2 Å². The summed E-state index contributed by atoms with van der Waals surface area (Å²) < 4.78 is 40.2. The van der Waals surface area contributed by atoms with Gasteiger partial charge in [0.25, 0.3) is 6.43 Å². The van der Waals surface area contributed by atoms with E-state index in [0.29, 0.717) is 72.2 Å². The number of aromatic nitrogens is 4. The van der Waals surface area contributed by atoms with Crippen LogP contribution in [0.5, 0.6) is 5.75 Å². The van der Waals surface area contributed by atoms with Gasteiger partial charge >= 0.3 is 5.69 Å². The number of benzene rings is 2. The van der Waals surface area contributed by atoms with E-state index in [1.165, 1.54) is 9.13 Å². The number of carbonyl (C=O) groups is 3. The number of ether oxygens (including phenoxy) is 1. The van der Waals surface area contributed by atoms with Gasteiger partial charge in [-0.3, -0.25) is 38.9 Å². The standard InChI is InChI=1S/C48H61F2N11O5/c1-30(62)59-21-15-38(37(28-59)46(51)60-16-5-6-32-24-35(33-26-52-55(2)27-33)36(45(49)50)25-41(32)60)53-34-13-19-58(20-14-34)23-22-57-17-11-31(12-18-57)29-66-42-8-4-7-39-44(42)56(3)48(65)61(39)40-9-10-43(63)54-47(40)64/h4,7-8,24-27,31,34,40,45,51,53H,5-6,9-23,28-29H2,1-3H3,(H,54,63,64). The molecule has 5 aliphatic rings. The molecule has 0 radical (unpaired) electrons. The van der Waals surface area contributed by atoms with Crippen LogP contribution in [0.15, 0.2) is 58.8 Å². The number of carbonyl (C=O) groups excluding carboxylic acids is 3. The minimum Gasteiger partial charge on any atom is -0.491 e. The first-order valence-electron chi connectivity index (χ1n) is 23.5. The second-order valence-corrected chi connectivity index (χ2v) is 18.7. The van der Waals surface area contributed by atoms with Crippen molar-refractivity contribution in [2.75, 3.05) is 70.4 Å². The summed E-state index contributed by atoms with van der Waals surface area (Å²) in [6, 6.07) is 8.41. The molecule has 4 aromatic rings. The van der Waals surface area contributed by atoms with Crippen LogP contribution in [0.4, 0.5) is 14.5 Å². The molecule has 9 rings (SSSR count). The number of rotatable bonds is 12. The van der Waals surface area contributed by atoms with Crippen molar-refractivity contribution in [2.45, 2.75) is 83.2 Å². The fraction of sp³-hybridized carbons (Fsp3) is 0.542. The van der Waals surface area contributed by atoms with Crippen LogP contribution in [0.2, 0.25) is 0 Å². The lowest BCUT2D eigenvalue weighted by molar-refractivity contribution is -0.135. The van der Waals surface area contributed by atoms with E-state index < -0.39 is 18.4 Å². The average Bonchev–Trinajstić information content (AvgIpc) is 3.86. The molecular weight excluding hydrogens is 849 g/mol. The summed E-state index contributed by atoms with van der Waals surface area (Å²) in [6.07, 6.45) is 7.16. The Balaban J connectivity index is 0.777. The maximum absolute atomic E-state index is 14.6. The van der Waals surface area contributed by atoms with Crippen molar-refractivity contribution in [3.8, 4) is 16.9 Å². The van der Waals surface area contributed by atoms with Crippen LogP contribution in [-0.4, -0.2) is 129 Å². The quantitative estimate of drug-likeness (QED) is 0.103. The van der Waals surface area contributed by atoms with Gasteiger partial charge in [-0.2, -0.15) is 5.10 Å². The van der Waals surface area contributed by atoms with Gasteiger partial charge in [0, 0.05) is 113 Å². The number of amides is 3. The zero-order chi connectivity index (χ0) is 46.2. The molecule has 16 nitrogen and oxygen atoms in total. The average molecular weight is 910 g/mol. The number of para-hydroxylation sites is 1. The zero-order valence-corrected chi connectivity index (χ0v) is 38.2. The van der Waals surface area contributed by atoms with E-state index in [2.05, 4.69) is 25.5 Å². The van der Waals surface area contributed by atoms with E-state index in [9.17, 15) is 33.4 Å². The molecule has 1 atom stereocenters. The molecular formula is C48H61F2N11O5. The molecule has 3 N–H and O–H groups in total. The van der Waals surface area contributed by atoms with E-state index in [4.69, 9.17) is 4.74 Å². The molecule has 2 aromatic heterocycles. The number of aryl methyl sites for hydroxylation is 3. The van der Waals surface area contributed by atoms with E-state index in [-0.39, 0.29) is 47.8 Å². The van der Waals surface area contributed by atoms with Crippen LogP contribution in [0.1, 0.15) is 81.9 Å². The van der Waals surface area contributed by atoms with Crippen LogP contribution in [0.3, 0.4) is 0 Å². The molecule has 0 spiro atoms. The number of imidazole rings is 1. The fourth-order valence-electron chi connectivity index (χ4n) is 10.6. The van der Waals surface area contributed by atoms with Gasteiger partial charge in [0.1, 0.15) is 23.1 Å². The number of hydrogen-bond donors (Lipinski definition) is 3. The Kier molecular flexibility index (Phi) is 13.1. The Labute approximate surface area is 383 Å². The number of piperidine rings is 3. The molecule has 7 heterocycles. The van der Waals surface area contributed by atoms with Crippen LogP contribution >= 0.6 is 0 Å². The highest BCUT2D eigenvalue weighted by atomic mass is 19.3. The van der Waals surface area contributed by atoms with Crippen molar-refractivity contribution in [1.29, 1.82) is 5.41 Å². The van der Waals surface area contributed by atoms with Gasteiger partial charge in [0.15, 0.2) is 0 Å². The lowest BCUT2D eigenvalue weighted by atomic mass is 9.92. The highest BCUT2D eigenvalue weighted by Gasteiger charge is 2.34.